The summed E-state index contributed by atoms with van der Waals surface area (Å²) in [7, 11) is -2.43. The summed E-state index contributed by atoms with van der Waals surface area (Å²) in [5.41, 5.74) is 1.80. The van der Waals surface area contributed by atoms with Crippen LogP contribution in [0.15, 0.2) is 47.4 Å². The van der Waals surface area contributed by atoms with Gasteiger partial charge in [0.15, 0.2) is 0 Å². The van der Waals surface area contributed by atoms with Crippen molar-refractivity contribution in [2.24, 2.45) is 5.41 Å². The van der Waals surface area contributed by atoms with Crippen LogP contribution in [0.4, 0.5) is 0 Å². The van der Waals surface area contributed by atoms with Crippen molar-refractivity contribution < 1.29 is 27.9 Å². The average Bonchev–Trinajstić information content (AvgIpc) is 3.75. The number of hydrogen-bond donors (Lipinski definition) is 2. The van der Waals surface area contributed by atoms with Gasteiger partial charge in [0.25, 0.3) is 15.9 Å². The van der Waals surface area contributed by atoms with Gasteiger partial charge in [-0.2, -0.15) is 0 Å². The molecule has 0 unspecified atom stereocenters. The number of nitrogens with zero attached hydrogens (tertiary/aromatic N) is 1. The molecule has 9 heteroatoms. The summed E-state index contributed by atoms with van der Waals surface area (Å²) >= 11 is 0. The molecule has 0 bridgehead atoms. The highest BCUT2D eigenvalue weighted by molar-refractivity contribution is 7.90. The Morgan fingerprint density at radius 2 is 1.71 bits per heavy atom. The molecule has 2 aliphatic carbocycles. The zero-order valence-corrected chi connectivity index (χ0v) is 20.7. The van der Waals surface area contributed by atoms with Gasteiger partial charge in [0.2, 0.25) is 5.91 Å². The molecule has 1 atom stereocenters. The van der Waals surface area contributed by atoms with E-state index in [-0.39, 0.29) is 16.2 Å². The number of rotatable bonds is 6. The molecular formula is C26H30N2O6S. The number of carbonyl (C=O) groups is 2. The monoisotopic (exact) mass is 498 g/mol. The van der Waals surface area contributed by atoms with Crippen molar-refractivity contribution in [2.75, 3.05) is 20.2 Å². The minimum atomic E-state index is -3.96. The molecule has 2 N–H and O–H groups in total. The van der Waals surface area contributed by atoms with Crippen molar-refractivity contribution >= 4 is 21.8 Å². The Balaban J connectivity index is 1.31. The van der Waals surface area contributed by atoms with Crippen molar-refractivity contribution in [2.45, 2.75) is 55.4 Å². The molecule has 2 aromatic rings. The van der Waals surface area contributed by atoms with Crippen molar-refractivity contribution in [3.05, 3.63) is 48.0 Å². The standard InChI is InChI=1S/C26H30N2O6S/c1-17(29)27-35(32,33)20-7-8-23(34-2)21(15-20)18-3-5-19(6-4-18)22-16-25(22)11-13-28(14-12-25)24(30)26(31)9-10-26/h3-8,15,22,31H,9-14,16H2,1-2H3,(H,27,29)/t22-/m1/s1. The third kappa shape index (κ3) is 4.43. The highest BCUT2D eigenvalue weighted by Crippen LogP contribution is 2.65. The first kappa shape index (κ1) is 23.8. The van der Waals surface area contributed by atoms with E-state index in [0.717, 1.165) is 31.7 Å². The molecule has 186 valence electrons. The van der Waals surface area contributed by atoms with Crippen molar-refractivity contribution in [1.82, 2.24) is 9.62 Å². The minimum Gasteiger partial charge on any atom is -0.496 e. The van der Waals surface area contributed by atoms with Gasteiger partial charge in [-0.25, -0.2) is 13.1 Å². The predicted molar refractivity (Wildman–Crippen MR) is 129 cm³/mol. The van der Waals surface area contributed by atoms with E-state index in [2.05, 4.69) is 12.1 Å². The first-order valence-corrected chi connectivity index (χ1v) is 13.4. The van der Waals surface area contributed by atoms with Crippen LogP contribution in [-0.2, 0) is 19.6 Å². The number of aliphatic hydroxyl groups is 1. The molecule has 35 heavy (non-hydrogen) atoms. The Kier molecular flexibility index (Phi) is 5.68. The zero-order valence-electron chi connectivity index (χ0n) is 19.9. The van der Waals surface area contributed by atoms with E-state index in [1.54, 1.807) is 6.07 Å². The van der Waals surface area contributed by atoms with E-state index in [4.69, 9.17) is 4.74 Å². The lowest BCUT2D eigenvalue weighted by Crippen LogP contribution is -2.45. The van der Waals surface area contributed by atoms with Gasteiger partial charge in [0.05, 0.1) is 12.0 Å². The van der Waals surface area contributed by atoms with Gasteiger partial charge in [0.1, 0.15) is 11.4 Å². The molecule has 2 aromatic carbocycles. The van der Waals surface area contributed by atoms with Gasteiger partial charge in [-0.1, -0.05) is 24.3 Å². The van der Waals surface area contributed by atoms with E-state index in [0.29, 0.717) is 43.2 Å². The normalized spacial score (nSPS) is 21.9. The molecule has 0 radical (unpaired) electrons. The van der Waals surface area contributed by atoms with Gasteiger partial charge in [-0.05, 0) is 72.8 Å². The number of nitrogens with one attached hydrogen (secondary N) is 1. The Bertz CT molecular complexity index is 1280. The van der Waals surface area contributed by atoms with Crippen LogP contribution < -0.4 is 9.46 Å². The summed E-state index contributed by atoms with van der Waals surface area (Å²) in [6.07, 6.45) is 4.13. The number of ether oxygens (including phenoxy) is 1. The summed E-state index contributed by atoms with van der Waals surface area (Å²) in [6.45, 7) is 2.55. The molecule has 5 rings (SSSR count). The summed E-state index contributed by atoms with van der Waals surface area (Å²) in [5.74, 6) is 0.220. The second kappa shape index (κ2) is 8.34. The van der Waals surface area contributed by atoms with Crippen LogP contribution >= 0.6 is 0 Å². The summed E-state index contributed by atoms with van der Waals surface area (Å²) < 4.78 is 32.4. The molecule has 1 aliphatic heterocycles. The molecule has 1 heterocycles. The SMILES string of the molecule is COc1ccc(S(=O)(=O)NC(C)=O)cc1-c1ccc([C@H]2CC23CCN(C(=O)C2(O)CC2)CC3)cc1. The van der Waals surface area contributed by atoms with Crippen LogP contribution in [0, 0.1) is 5.41 Å². The van der Waals surface area contributed by atoms with Crippen LogP contribution in [0.1, 0.15) is 50.5 Å². The van der Waals surface area contributed by atoms with Gasteiger partial charge in [0, 0.05) is 25.6 Å². The van der Waals surface area contributed by atoms with Crippen molar-refractivity contribution in [3.8, 4) is 16.9 Å². The molecule has 8 nitrogen and oxygen atoms in total. The van der Waals surface area contributed by atoms with Crippen LogP contribution in [0.25, 0.3) is 11.1 Å². The quantitative estimate of drug-likeness (QED) is 0.633. The lowest BCUT2D eigenvalue weighted by atomic mass is 9.88. The fourth-order valence-corrected chi connectivity index (χ4v) is 6.39. The summed E-state index contributed by atoms with van der Waals surface area (Å²) in [6, 6.07) is 12.6. The van der Waals surface area contributed by atoms with Gasteiger partial charge in [-0.3, -0.25) is 9.59 Å². The number of piperidine rings is 1. The Morgan fingerprint density at radius 1 is 1.06 bits per heavy atom. The van der Waals surface area contributed by atoms with E-state index in [1.165, 1.54) is 24.8 Å². The molecule has 2 saturated carbocycles. The summed E-state index contributed by atoms with van der Waals surface area (Å²) in [4.78, 5) is 25.5. The lowest BCUT2D eigenvalue weighted by molar-refractivity contribution is -0.144. The minimum absolute atomic E-state index is 0.00844. The number of methoxy groups -OCH3 is 1. The highest BCUT2D eigenvalue weighted by atomic mass is 32.2. The van der Waals surface area contributed by atoms with Gasteiger partial charge in [-0.15, -0.1) is 0 Å². The maximum absolute atomic E-state index is 12.5. The lowest BCUT2D eigenvalue weighted by Gasteiger charge is -2.34. The smallest absolute Gasteiger partial charge is 0.264 e. The van der Waals surface area contributed by atoms with Crippen LogP contribution in [0.3, 0.4) is 0 Å². The number of benzene rings is 2. The van der Waals surface area contributed by atoms with Gasteiger partial charge >= 0.3 is 0 Å². The number of sulfonamides is 1. The molecule has 0 aromatic heterocycles. The van der Waals surface area contributed by atoms with Crippen LogP contribution in [-0.4, -0.2) is 56.0 Å². The Labute approximate surface area is 205 Å². The summed E-state index contributed by atoms with van der Waals surface area (Å²) in [5, 5.41) is 10.1. The van der Waals surface area contributed by atoms with Crippen molar-refractivity contribution in [1.29, 1.82) is 0 Å². The third-order valence-corrected chi connectivity index (χ3v) is 9.17. The van der Waals surface area contributed by atoms with E-state index >= 15 is 0 Å². The fraction of sp³-hybridized carbons (Fsp3) is 0.462. The fourth-order valence-electron chi connectivity index (χ4n) is 5.38. The largest absolute Gasteiger partial charge is 0.496 e. The number of likely N-dealkylation sites (tertiary alicyclic amines) is 1. The number of amides is 2. The molecule has 1 saturated heterocycles. The second-order valence-corrected chi connectivity index (χ2v) is 11.8. The topological polar surface area (TPSA) is 113 Å². The third-order valence-electron chi connectivity index (χ3n) is 7.74. The maximum Gasteiger partial charge on any atom is 0.264 e. The highest BCUT2D eigenvalue weighted by Gasteiger charge is 2.57. The first-order chi connectivity index (χ1) is 16.6. The average molecular weight is 499 g/mol. The first-order valence-electron chi connectivity index (χ1n) is 11.9. The van der Waals surface area contributed by atoms with E-state index < -0.39 is 21.5 Å². The van der Waals surface area contributed by atoms with Crippen LogP contribution in [0.2, 0.25) is 0 Å². The van der Waals surface area contributed by atoms with E-state index in [1.807, 2.05) is 21.8 Å². The predicted octanol–water partition coefficient (Wildman–Crippen LogP) is 2.81. The maximum atomic E-state index is 12.5. The molecule has 3 fully saturated rings. The molecular weight excluding hydrogens is 468 g/mol. The molecule has 3 aliphatic rings. The molecule has 1 spiro atoms. The Hall–Kier alpha value is -2.91. The van der Waals surface area contributed by atoms with E-state index in [9.17, 15) is 23.1 Å². The zero-order chi connectivity index (χ0) is 25.0. The Morgan fingerprint density at radius 3 is 2.29 bits per heavy atom. The van der Waals surface area contributed by atoms with Gasteiger partial charge < -0.3 is 14.7 Å². The second-order valence-electron chi connectivity index (χ2n) is 10.1. The number of carbonyl (C=O) groups excluding carboxylic acids is 2. The number of hydrogen-bond acceptors (Lipinski definition) is 6. The molecule has 2 amide bonds. The van der Waals surface area contributed by atoms with Crippen LogP contribution in [0.5, 0.6) is 5.75 Å². The van der Waals surface area contributed by atoms with Crippen molar-refractivity contribution in [3.63, 3.8) is 0 Å².